The summed E-state index contributed by atoms with van der Waals surface area (Å²) in [5.74, 6) is -0.885. The number of rotatable bonds is 5. The molecule has 1 aromatic rings. The molecule has 0 aromatic heterocycles. The standard InChI is InChI=1S/C10H13NO3/c12-6-5-8-1-3-9(4-2-8)11-7-10(13)14/h1-4,11-12H,5-7H2,(H,13,14). The Morgan fingerprint density at radius 2 is 1.93 bits per heavy atom. The first-order chi connectivity index (χ1) is 6.72. The fourth-order valence-electron chi connectivity index (χ4n) is 1.10. The second kappa shape index (κ2) is 5.24. The van der Waals surface area contributed by atoms with Crippen molar-refractivity contribution in [3.8, 4) is 0 Å². The molecule has 0 radical (unpaired) electrons. The van der Waals surface area contributed by atoms with Gasteiger partial charge in [-0.1, -0.05) is 12.1 Å². The monoisotopic (exact) mass is 195 g/mol. The summed E-state index contributed by atoms with van der Waals surface area (Å²) in [5.41, 5.74) is 1.81. The molecule has 76 valence electrons. The van der Waals surface area contributed by atoms with Crippen molar-refractivity contribution in [1.29, 1.82) is 0 Å². The number of nitrogens with one attached hydrogen (secondary N) is 1. The van der Waals surface area contributed by atoms with Crippen LogP contribution in [-0.2, 0) is 11.2 Å². The smallest absolute Gasteiger partial charge is 0.322 e. The highest BCUT2D eigenvalue weighted by Crippen LogP contribution is 2.09. The van der Waals surface area contributed by atoms with E-state index >= 15 is 0 Å². The van der Waals surface area contributed by atoms with E-state index < -0.39 is 5.97 Å². The third kappa shape index (κ3) is 3.45. The van der Waals surface area contributed by atoms with Crippen molar-refractivity contribution in [2.45, 2.75) is 6.42 Å². The van der Waals surface area contributed by atoms with Gasteiger partial charge in [0, 0.05) is 12.3 Å². The normalized spacial score (nSPS) is 9.79. The minimum atomic E-state index is -0.885. The molecule has 0 unspecified atom stereocenters. The number of anilines is 1. The number of aliphatic hydroxyl groups is 1. The topological polar surface area (TPSA) is 69.6 Å². The van der Waals surface area contributed by atoms with Crippen molar-refractivity contribution in [1.82, 2.24) is 0 Å². The van der Waals surface area contributed by atoms with Gasteiger partial charge in [-0.2, -0.15) is 0 Å². The Labute approximate surface area is 82.2 Å². The van der Waals surface area contributed by atoms with Crippen LogP contribution in [0.25, 0.3) is 0 Å². The van der Waals surface area contributed by atoms with Crippen LogP contribution in [0.15, 0.2) is 24.3 Å². The Balaban J connectivity index is 2.50. The van der Waals surface area contributed by atoms with Gasteiger partial charge in [-0.3, -0.25) is 4.79 Å². The molecule has 14 heavy (non-hydrogen) atoms. The average molecular weight is 195 g/mol. The maximum absolute atomic E-state index is 10.2. The van der Waals surface area contributed by atoms with E-state index in [0.717, 1.165) is 11.3 Å². The van der Waals surface area contributed by atoms with E-state index in [9.17, 15) is 4.79 Å². The Morgan fingerprint density at radius 3 is 2.43 bits per heavy atom. The zero-order valence-electron chi connectivity index (χ0n) is 7.73. The highest BCUT2D eigenvalue weighted by Gasteiger charge is 1.97. The number of hydrogen-bond donors (Lipinski definition) is 3. The van der Waals surface area contributed by atoms with Crippen molar-refractivity contribution in [3.05, 3.63) is 29.8 Å². The Kier molecular flexibility index (Phi) is 3.94. The number of hydrogen-bond acceptors (Lipinski definition) is 3. The fourth-order valence-corrected chi connectivity index (χ4v) is 1.10. The van der Waals surface area contributed by atoms with Crippen molar-refractivity contribution in [2.24, 2.45) is 0 Å². The lowest BCUT2D eigenvalue weighted by Crippen LogP contribution is -2.12. The highest BCUT2D eigenvalue weighted by molar-refractivity contribution is 5.72. The molecule has 1 rings (SSSR count). The van der Waals surface area contributed by atoms with Gasteiger partial charge in [0.15, 0.2) is 0 Å². The molecule has 3 N–H and O–H groups in total. The molecular formula is C10H13NO3. The van der Waals surface area contributed by atoms with Crippen molar-refractivity contribution in [2.75, 3.05) is 18.5 Å². The molecule has 0 aliphatic carbocycles. The maximum atomic E-state index is 10.2. The van der Waals surface area contributed by atoms with Gasteiger partial charge >= 0.3 is 5.97 Å². The van der Waals surface area contributed by atoms with Crippen LogP contribution in [0.2, 0.25) is 0 Å². The number of aliphatic hydroxyl groups excluding tert-OH is 1. The van der Waals surface area contributed by atoms with Crippen LogP contribution in [0.5, 0.6) is 0 Å². The first kappa shape index (κ1) is 10.5. The minimum Gasteiger partial charge on any atom is -0.480 e. The van der Waals surface area contributed by atoms with Gasteiger partial charge in [-0.25, -0.2) is 0 Å². The van der Waals surface area contributed by atoms with E-state index in [4.69, 9.17) is 10.2 Å². The number of carboxylic acids is 1. The SMILES string of the molecule is O=C(O)CNc1ccc(CCO)cc1. The molecule has 0 saturated carbocycles. The quantitative estimate of drug-likeness (QED) is 0.647. The zero-order chi connectivity index (χ0) is 10.4. The molecule has 4 nitrogen and oxygen atoms in total. The van der Waals surface area contributed by atoms with Gasteiger partial charge in [0.1, 0.15) is 6.54 Å². The van der Waals surface area contributed by atoms with E-state index in [1.807, 2.05) is 12.1 Å². The predicted octanol–water partition coefficient (Wildman–Crippen LogP) is 0.718. The van der Waals surface area contributed by atoms with Crippen LogP contribution in [0.1, 0.15) is 5.56 Å². The van der Waals surface area contributed by atoms with Gasteiger partial charge in [0.2, 0.25) is 0 Å². The lowest BCUT2D eigenvalue weighted by molar-refractivity contribution is -0.134. The summed E-state index contributed by atoms with van der Waals surface area (Å²) in [6.07, 6.45) is 0.624. The lowest BCUT2D eigenvalue weighted by Gasteiger charge is -2.04. The maximum Gasteiger partial charge on any atom is 0.322 e. The molecule has 0 aliphatic rings. The second-order valence-corrected chi connectivity index (χ2v) is 2.92. The summed E-state index contributed by atoms with van der Waals surface area (Å²) in [7, 11) is 0. The van der Waals surface area contributed by atoms with E-state index in [2.05, 4.69) is 5.32 Å². The number of carboxylic acid groups (broad SMARTS) is 1. The van der Waals surface area contributed by atoms with Gasteiger partial charge in [0.05, 0.1) is 0 Å². The molecule has 0 atom stereocenters. The van der Waals surface area contributed by atoms with E-state index in [-0.39, 0.29) is 13.2 Å². The van der Waals surface area contributed by atoms with Crippen molar-refractivity contribution in [3.63, 3.8) is 0 Å². The van der Waals surface area contributed by atoms with E-state index in [1.165, 1.54) is 0 Å². The first-order valence-electron chi connectivity index (χ1n) is 4.38. The Hall–Kier alpha value is -1.55. The molecular weight excluding hydrogens is 182 g/mol. The van der Waals surface area contributed by atoms with Crippen LogP contribution in [0.4, 0.5) is 5.69 Å². The molecule has 4 heteroatoms. The second-order valence-electron chi connectivity index (χ2n) is 2.92. The Bertz CT molecular complexity index is 295. The van der Waals surface area contributed by atoms with Gasteiger partial charge in [-0.15, -0.1) is 0 Å². The summed E-state index contributed by atoms with van der Waals surface area (Å²) >= 11 is 0. The molecule has 0 spiro atoms. The molecule has 1 aromatic carbocycles. The van der Waals surface area contributed by atoms with Crippen LogP contribution in [0.3, 0.4) is 0 Å². The summed E-state index contributed by atoms with van der Waals surface area (Å²) in [4.78, 5) is 10.2. The van der Waals surface area contributed by atoms with Gasteiger partial charge < -0.3 is 15.5 Å². The summed E-state index contributed by atoms with van der Waals surface area (Å²) in [6, 6.07) is 7.32. The first-order valence-corrected chi connectivity index (χ1v) is 4.38. The fraction of sp³-hybridized carbons (Fsp3) is 0.300. The molecule has 0 bridgehead atoms. The Morgan fingerprint density at radius 1 is 1.29 bits per heavy atom. The van der Waals surface area contributed by atoms with Gasteiger partial charge in [0.25, 0.3) is 0 Å². The van der Waals surface area contributed by atoms with E-state index in [0.29, 0.717) is 6.42 Å². The third-order valence-electron chi connectivity index (χ3n) is 1.80. The molecule has 0 saturated heterocycles. The molecule has 0 heterocycles. The molecule has 0 fully saturated rings. The average Bonchev–Trinajstić information content (AvgIpc) is 2.17. The summed E-state index contributed by atoms with van der Waals surface area (Å²) < 4.78 is 0. The van der Waals surface area contributed by atoms with Crippen molar-refractivity contribution >= 4 is 11.7 Å². The largest absolute Gasteiger partial charge is 0.480 e. The number of carbonyl (C=O) groups is 1. The van der Waals surface area contributed by atoms with Crippen LogP contribution < -0.4 is 5.32 Å². The predicted molar refractivity (Wildman–Crippen MR) is 53.4 cm³/mol. The number of benzene rings is 1. The van der Waals surface area contributed by atoms with Crippen LogP contribution >= 0.6 is 0 Å². The van der Waals surface area contributed by atoms with Gasteiger partial charge in [-0.05, 0) is 24.1 Å². The van der Waals surface area contributed by atoms with Crippen LogP contribution in [-0.4, -0.2) is 29.3 Å². The third-order valence-corrected chi connectivity index (χ3v) is 1.80. The van der Waals surface area contributed by atoms with Crippen molar-refractivity contribution < 1.29 is 15.0 Å². The molecule has 0 amide bonds. The number of aliphatic carboxylic acids is 1. The summed E-state index contributed by atoms with van der Waals surface area (Å²) in [6.45, 7) is 0.0429. The van der Waals surface area contributed by atoms with E-state index in [1.54, 1.807) is 12.1 Å². The zero-order valence-corrected chi connectivity index (χ0v) is 7.73. The molecule has 0 aliphatic heterocycles. The lowest BCUT2D eigenvalue weighted by atomic mass is 10.1. The minimum absolute atomic E-state index is 0.0840. The van der Waals surface area contributed by atoms with Crippen LogP contribution in [0, 0.1) is 0 Å². The summed E-state index contributed by atoms with van der Waals surface area (Å²) in [5, 5.41) is 19.8. The highest BCUT2D eigenvalue weighted by atomic mass is 16.4.